The average molecular weight is 279 g/mol. The van der Waals surface area contributed by atoms with Crippen molar-refractivity contribution in [3.05, 3.63) is 64.1 Å². The summed E-state index contributed by atoms with van der Waals surface area (Å²) in [6, 6.07) is 1.52. The third kappa shape index (κ3) is 5.81. The second kappa shape index (κ2) is 8.47. The van der Waals surface area contributed by atoms with Crippen molar-refractivity contribution in [2.24, 2.45) is 0 Å². The van der Waals surface area contributed by atoms with Crippen LogP contribution in [-0.4, -0.2) is 23.0 Å². The molecule has 1 aromatic heterocycles. The van der Waals surface area contributed by atoms with Crippen LogP contribution in [0.25, 0.3) is 5.57 Å². The highest BCUT2D eigenvalue weighted by Crippen LogP contribution is 2.22. The number of carboxylic acid groups (broad SMARTS) is 1. The van der Waals surface area contributed by atoms with Gasteiger partial charge < -0.3 is 9.52 Å². The molecule has 0 atom stereocenters. The van der Waals surface area contributed by atoms with E-state index in [4.69, 9.17) is 19.6 Å². The molecule has 6 nitrogen and oxygen atoms in total. The molecular weight excluding hydrogens is 262 g/mol. The van der Waals surface area contributed by atoms with Gasteiger partial charge in [0, 0.05) is 10.5 Å². The van der Waals surface area contributed by atoms with E-state index in [9.17, 15) is 4.79 Å². The fourth-order valence-corrected chi connectivity index (χ4v) is 1.36. The zero-order valence-electron chi connectivity index (χ0n) is 11.6. The Kier molecular flexibility index (Phi) is 7.35. The molecule has 1 rings (SSSR count). The number of hydrogen-bond donors (Lipinski definition) is 1. The zero-order chi connectivity index (χ0) is 15.7. The first kappa shape index (κ1) is 17.4. The lowest BCUT2D eigenvalue weighted by Crippen LogP contribution is -1.94. The number of aryl methyl sites for hydroxylation is 1. The first-order valence-electron chi connectivity index (χ1n) is 5.71. The maximum Gasteiger partial charge on any atom is 0.339 e. The van der Waals surface area contributed by atoms with E-state index in [1.807, 2.05) is 19.1 Å². The first-order chi connectivity index (χ1) is 9.33. The van der Waals surface area contributed by atoms with E-state index in [-0.39, 0.29) is 5.56 Å². The lowest BCUT2D eigenvalue weighted by molar-refractivity contribution is -0.445. The number of nitro groups is 1. The van der Waals surface area contributed by atoms with Crippen molar-refractivity contribution in [2.75, 3.05) is 7.05 Å². The average Bonchev–Trinajstić information content (AvgIpc) is 2.70. The normalized spacial score (nSPS) is 10.8. The van der Waals surface area contributed by atoms with Gasteiger partial charge in [-0.1, -0.05) is 30.9 Å². The highest BCUT2D eigenvalue weighted by molar-refractivity contribution is 5.90. The van der Waals surface area contributed by atoms with Gasteiger partial charge in [-0.25, -0.2) is 4.79 Å². The Bertz CT molecular complexity index is 548. The summed E-state index contributed by atoms with van der Waals surface area (Å²) in [6.45, 7) is 7.12. The second-order valence-electron chi connectivity index (χ2n) is 3.68. The molecule has 0 amide bonds. The Hall–Kier alpha value is -2.63. The molecule has 6 heteroatoms. The van der Waals surface area contributed by atoms with Gasteiger partial charge in [-0.2, -0.15) is 0 Å². The van der Waals surface area contributed by atoms with Gasteiger partial charge in [-0.05, 0) is 19.9 Å². The Labute approximate surface area is 116 Å². The molecular formula is C14H17NO5. The van der Waals surface area contributed by atoms with Crippen molar-refractivity contribution in [3.63, 3.8) is 0 Å². The van der Waals surface area contributed by atoms with Crippen LogP contribution in [0.15, 0.2) is 41.4 Å². The van der Waals surface area contributed by atoms with Gasteiger partial charge in [-0.3, -0.25) is 10.1 Å². The molecule has 0 aliphatic carbocycles. The van der Waals surface area contributed by atoms with E-state index in [1.165, 1.54) is 6.07 Å². The lowest BCUT2D eigenvalue weighted by atomic mass is 10.1. The zero-order valence-corrected chi connectivity index (χ0v) is 11.6. The minimum absolute atomic E-state index is 0.189. The summed E-state index contributed by atoms with van der Waals surface area (Å²) in [5, 5.41) is 17.7. The van der Waals surface area contributed by atoms with E-state index in [1.54, 1.807) is 19.1 Å². The number of furan rings is 1. The van der Waals surface area contributed by atoms with Crippen molar-refractivity contribution in [1.82, 2.24) is 0 Å². The largest absolute Gasteiger partial charge is 0.478 e. The van der Waals surface area contributed by atoms with E-state index < -0.39 is 10.9 Å². The number of aromatic carboxylic acids is 1. The quantitative estimate of drug-likeness (QED) is 0.518. The van der Waals surface area contributed by atoms with Crippen molar-refractivity contribution in [1.29, 1.82) is 0 Å². The number of nitrogens with zero attached hydrogens (tertiary/aromatic N) is 1. The summed E-state index contributed by atoms with van der Waals surface area (Å²) in [6.07, 6.45) is 7.09. The van der Waals surface area contributed by atoms with Crippen LogP contribution in [0.3, 0.4) is 0 Å². The van der Waals surface area contributed by atoms with E-state index in [0.717, 1.165) is 12.6 Å². The van der Waals surface area contributed by atoms with Crippen LogP contribution in [0.5, 0.6) is 0 Å². The topological polar surface area (TPSA) is 93.6 Å². The smallest absolute Gasteiger partial charge is 0.339 e. The number of hydrogen-bond acceptors (Lipinski definition) is 4. The summed E-state index contributed by atoms with van der Waals surface area (Å²) in [5.41, 5.74) is 0.988. The van der Waals surface area contributed by atoms with Crippen molar-refractivity contribution < 1.29 is 19.2 Å². The minimum Gasteiger partial charge on any atom is -0.478 e. The second-order valence-corrected chi connectivity index (χ2v) is 3.68. The number of carboxylic acids is 1. The van der Waals surface area contributed by atoms with Crippen molar-refractivity contribution in [3.8, 4) is 0 Å². The number of carbonyl (C=O) groups is 1. The van der Waals surface area contributed by atoms with Crippen LogP contribution >= 0.6 is 0 Å². The molecule has 1 N–H and O–H groups in total. The SMILES string of the molecule is C=C/C=C(\C=C/C)c1cc(C(=O)O)c(C)o1.C[N+](=O)[O-]. The Morgan fingerprint density at radius 3 is 2.45 bits per heavy atom. The monoisotopic (exact) mass is 279 g/mol. The molecule has 0 spiro atoms. The van der Waals surface area contributed by atoms with Crippen molar-refractivity contribution in [2.45, 2.75) is 13.8 Å². The molecule has 1 heterocycles. The van der Waals surface area contributed by atoms with Crippen LogP contribution in [0.1, 0.15) is 28.8 Å². The van der Waals surface area contributed by atoms with Crippen LogP contribution in [0, 0.1) is 17.0 Å². The van der Waals surface area contributed by atoms with Gasteiger partial charge in [-0.15, -0.1) is 0 Å². The number of allylic oxidation sites excluding steroid dienone is 5. The fourth-order valence-electron chi connectivity index (χ4n) is 1.36. The third-order valence-corrected chi connectivity index (χ3v) is 2.08. The van der Waals surface area contributed by atoms with Gasteiger partial charge in [0.2, 0.25) is 0 Å². The van der Waals surface area contributed by atoms with Gasteiger partial charge in [0.25, 0.3) is 0 Å². The van der Waals surface area contributed by atoms with Gasteiger partial charge in [0.15, 0.2) is 7.05 Å². The molecule has 0 saturated heterocycles. The molecule has 108 valence electrons. The molecule has 0 radical (unpaired) electrons. The maximum absolute atomic E-state index is 10.9. The van der Waals surface area contributed by atoms with Gasteiger partial charge >= 0.3 is 5.97 Å². The van der Waals surface area contributed by atoms with E-state index >= 15 is 0 Å². The summed E-state index contributed by atoms with van der Waals surface area (Å²) < 4.78 is 5.40. The molecule has 0 aliphatic rings. The van der Waals surface area contributed by atoms with E-state index in [2.05, 4.69) is 6.58 Å². The minimum atomic E-state index is -0.981. The molecule has 0 fully saturated rings. The van der Waals surface area contributed by atoms with Crippen molar-refractivity contribution >= 4 is 11.5 Å². The predicted octanol–water partition coefficient (Wildman–Crippen LogP) is 3.32. The molecule has 20 heavy (non-hydrogen) atoms. The highest BCUT2D eigenvalue weighted by Gasteiger charge is 2.14. The molecule has 0 bridgehead atoms. The number of rotatable bonds is 4. The van der Waals surface area contributed by atoms with Crippen LogP contribution in [0.2, 0.25) is 0 Å². The maximum atomic E-state index is 10.9. The standard InChI is InChI=1S/C13H14O3.CH3NO2/c1-4-6-10(7-5-2)12-8-11(13(14)15)9(3)16-12;1-2(3)4/h4-8H,1H2,2-3H3,(H,14,15);1H3/b7-5-,10-6+;. The molecule has 0 aromatic carbocycles. The summed E-state index contributed by atoms with van der Waals surface area (Å²) in [4.78, 5) is 19.2. The molecule has 0 saturated carbocycles. The molecule has 0 aliphatic heterocycles. The lowest BCUT2D eigenvalue weighted by Gasteiger charge is -1.94. The predicted molar refractivity (Wildman–Crippen MR) is 76.3 cm³/mol. The van der Waals surface area contributed by atoms with Gasteiger partial charge in [0.05, 0.1) is 0 Å². The highest BCUT2D eigenvalue weighted by atomic mass is 16.6. The summed E-state index contributed by atoms with van der Waals surface area (Å²) in [5.74, 6) is -0.0409. The summed E-state index contributed by atoms with van der Waals surface area (Å²) >= 11 is 0. The van der Waals surface area contributed by atoms with Crippen LogP contribution in [-0.2, 0) is 0 Å². The molecule has 1 aromatic rings. The first-order valence-corrected chi connectivity index (χ1v) is 5.71. The fraction of sp³-hybridized carbons (Fsp3) is 0.214. The van der Waals surface area contributed by atoms with Crippen LogP contribution in [0.4, 0.5) is 0 Å². The molecule has 0 unspecified atom stereocenters. The van der Waals surface area contributed by atoms with Gasteiger partial charge in [0.1, 0.15) is 17.1 Å². The summed E-state index contributed by atoms with van der Waals surface area (Å²) in [7, 11) is 0.889. The Balaban J connectivity index is 0.000000796. The third-order valence-electron chi connectivity index (χ3n) is 2.08. The van der Waals surface area contributed by atoms with E-state index in [0.29, 0.717) is 11.5 Å². The van der Waals surface area contributed by atoms with Crippen LogP contribution < -0.4 is 0 Å². The Morgan fingerprint density at radius 2 is 2.10 bits per heavy atom. The Morgan fingerprint density at radius 1 is 1.55 bits per heavy atom.